The molecule has 0 aliphatic heterocycles. The maximum Gasteiger partial charge on any atom is 0.331 e. The molecule has 19 heavy (non-hydrogen) atoms. The van der Waals surface area contributed by atoms with E-state index in [1.165, 1.54) is 7.11 Å². The third kappa shape index (κ3) is 4.35. The number of methoxy groups -OCH3 is 1. The minimum absolute atomic E-state index is 0.199. The van der Waals surface area contributed by atoms with Crippen LogP contribution in [-0.2, 0) is 20.7 Å². The predicted molar refractivity (Wildman–Crippen MR) is 71.4 cm³/mol. The van der Waals surface area contributed by atoms with Gasteiger partial charge in [0.2, 0.25) is 5.91 Å². The maximum atomic E-state index is 12.0. The molecule has 1 atom stereocenters. The van der Waals surface area contributed by atoms with Gasteiger partial charge in [-0.1, -0.05) is 19.4 Å². The summed E-state index contributed by atoms with van der Waals surface area (Å²) in [5.74, 6) is -0.636. The Morgan fingerprint density at radius 1 is 1.47 bits per heavy atom. The number of nitrogens with one attached hydrogen (secondary N) is 1. The molecule has 0 saturated heterocycles. The van der Waals surface area contributed by atoms with Gasteiger partial charge in [-0.15, -0.1) is 0 Å². The molecule has 0 aliphatic carbocycles. The molecule has 5 nitrogen and oxygen atoms in total. The van der Waals surface area contributed by atoms with Crippen LogP contribution in [0.2, 0.25) is 0 Å². The zero-order valence-electron chi connectivity index (χ0n) is 11.6. The number of nitrogens with zero attached hydrogens (tertiary/aromatic N) is 1. The molecule has 1 N–H and O–H groups in total. The molecule has 0 bridgehead atoms. The van der Waals surface area contributed by atoms with Gasteiger partial charge in [0.15, 0.2) is 0 Å². The summed E-state index contributed by atoms with van der Waals surface area (Å²) in [6.07, 6.45) is 4.80. The summed E-state index contributed by atoms with van der Waals surface area (Å²) in [4.78, 5) is 27.7. The summed E-state index contributed by atoms with van der Waals surface area (Å²) in [7, 11) is 1.32. The van der Waals surface area contributed by atoms with Gasteiger partial charge in [-0.25, -0.2) is 4.79 Å². The number of ether oxygens (including phenoxy) is 1. The molecule has 1 aromatic rings. The van der Waals surface area contributed by atoms with Crippen molar-refractivity contribution in [3.63, 3.8) is 0 Å². The fraction of sp³-hybridized carbons (Fsp3) is 0.500. The molecule has 1 unspecified atom stereocenters. The first-order chi connectivity index (χ1) is 9.01. The minimum atomic E-state index is -0.969. The van der Waals surface area contributed by atoms with Gasteiger partial charge in [0.1, 0.15) is 5.54 Å². The van der Waals surface area contributed by atoms with Gasteiger partial charge in [-0.05, 0) is 25.0 Å². The number of rotatable bonds is 6. The van der Waals surface area contributed by atoms with E-state index in [9.17, 15) is 9.59 Å². The van der Waals surface area contributed by atoms with Crippen molar-refractivity contribution < 1.29 is 14.3 Å². The van der Waals surface area contributed by atoms with E-state index < -0.39 is 11.5 Å². The summed E-state index contributed by atoms with van der Waals surface area (Å²) in [6, 6.07) is 3.59. The van der Waals surface area contributed by atoms with E-state index in [0.29, 0.717) is 6.42 Å². The molecule has 0 aromatic carbocycles. The van der Waals surface area contributed by atoms with Crippen LogP contribution in [0.4, 0.5) is 0 Å². The van der Waals surface area contributed by atoms with E-state index in [4.69, 9.17) is 4.74 Å². The molecular formula is C14H20N2O3. The Morgan fingerprint density at radius 3 is 2.74 bits per heavy atom. The molecule has 0 radical (unpaired) electrons. The first-order valence-electron chi connectivity index (χ1n) is 6.30. The highest BCUT2D eigenvalue weighted by Crippen LogP contribution is 2.14. The number of hydrogen-bond donors (Lipinski definition) is 1. The van der Waals surface area contributed by atoms with Gasteiger partial charge < -0.3 is 10.1 Å². The van der Waals surface area contributed by atoms with E-state index >= 15 is 0 Å². The minimum Gasteiger partial charge on any atom is -0.467 e. The zero-order valence-corrected chi connectivity index (χ0v) is 11.6. The van der Waals surface area contributed by atoms with Crippen molar-refractivity contribution in [1.29, 1.82) is 0 Å². The maximum absolute atomic E-state index is 12.0. The molecule has 104 valence electrons. The number of carbonyl (C=O) groups is 2. The average Bonchev–Trinajstić information content (AvgIpc) is 2.38. The predicted octanol–water partition coefficient (Wildman–Crippen LogP) is 1.47. The van der Waals surface area contributed by atoms with E-state index in [0.717, 1.165) is 12.0 Å². The van der Waals surface area contributed by atoms with Gasteiger partial charge >= 0.3 is 5.97 Å². The fourth-order valence-corrected chi connectivity index (χ4v) is 1.98. The number of aromatic nitrogens is 1. The molecule has 1 amide bonds. The Labute approximate surface area is 113 Å². The largest absolute Gasteiger partial charge is 0.467 e. The number of esters is 1. The van der Waals surface area contributed by atoms with Crippen LogP contribution in [-0.4, -0.2) is 29.5 Å². The van der Waals surface area contributed by atoms with Crippen molar-refractivity contribution >= 4 is 11.9 Å². The van der Waals surface area contributed by atoms with Crippen LogP contribution in [0.5, 0.6) is 0 Å². The summed E-state index contributed by atoms with van der Waals surface area (Å²) in [6.45, 7) is 3.64. The summed E-state index contributed by atoms with van der Waals surface area (Å²) in [5, 5.41) is 2.75. The van der Waals surface area contributed by atoms with Crippen molar-refractivity contribution in [3.05, 3.63) is 30.1 Å². The third-order valence-corrected chi connectivity index (χ3v) is 2.89. The normalized spacial score (nSPS) is 13.4. The van der Waals surface area contributed by atoms with E-state index in [1.807, 2.05) is 13.0 Å². The van der Waals surface area contributed by atoms with Crippen LogP contribution < -0.4 is 5.32 Å². The van der Waals surface area contributed by atoms with Crippen LogP contribution >= 0.6 is 0 Å². The quantitative estimate of drug-likeness (QED) is 0.790. The van der Waals surface area contributed by atoms with Crippen LogP contribution in [0, 0.1) is 0 Å². The molecular weight excluding hydrogens is 244 g/mol. The van der Waals surface area contributed by atoms with E-state index in [-0.39, 0.29) is 12.3 Å². The average molecular weight is 264 g/mol. The smallest absolute Gasteiger partial charge is 0.331 e. The van der Waals surface area contributed by atoms with E-state index in [1.54, 1.807) is 25.4 Å². The Morgan fingerprint density at radius 2 is 2.21 bits per heavy atom. The van der Waals surface area contributed by atoms with Crippen LogP contribution in [0.3, 0.4) is 0 Å². The zero-order chi connectivity index (χ0) is 14.3. The second-order valence-corrected chi connectivity index (χ2v) is 4.66. The first kappa shape index (κ1) is 15.1. The number of amides is 1. The van der Waals surface area contributed by atoms with Crippen molar-refractivity contribution in [2.45, 2.75) is 38.6 Å². The van der Waals surface area contributed by atoms with Gasteiger partial charge in [-0.3, -0.25) is 9.78 Å². The first-order valence-corrected chi connectivity index (χ1v) is 6.30. The van der Waals surface area contributed by atoms with Crippen molar-refractivity contribution in [2.24, 2.45) is 0 Å². The topological polar surface area (TPSA) is 68.3 Å². The highest BCUT2D eigenvalue weighted by Gasteiger charge is 2.34. The molecule has 0 saturated carbocycles. The lowest BCUT2D eigenvalue weighted by molar-refractivity contribution is -0.150. The number of pyridine rings is 1. The Balaban J connectivity index is 2.69. The van der Waals surface area contributed by atoms with Gasteiger partial charge in [-0.2, -0.15) is 0 Å². The lowest BCUT2D eigenvalue weighted by atomic mass is 9.95. The molecule has 1 aromatic heterocycles. The molecule has 5 heteroatoms. The van der Waals surface area contributed by atoms with Gasteiger partial charge in [0, 0.05) is 12.4 Å². The van der Waals surface area contributed by atoms with Gasteiger partial charge in [0.25, 0.3) is 0 Å². The molecule has 1 rings (SSSR count). The monoisotopic (exact) mass is 264 g/mol. The van der Waals surface area contributed by atoms with Gasteiger partial charge in [0.05, 0.1) is 13.5 Å². The summed E-state index contributed by atoms with van der Waals surface area (Å²) < 4.78 is 4.75. The standard InChI is InChI=1S/C14H20N2O3/c1-4-7-14(2,13(18)19-3)16-12(17)9-11-6-5-8-15-10-11/h5-6,8,10H,4,7,9H2,1-3H3,(H,16,17). The van der Waals surface area contributed by atoms with Crippen LogP contribution in [0.15, 0.2) is 24.5 Å². The molecule has 0 spiro atoms. The summed E-state index contributed by atoms with van der Waals surface area (Å²) in [5.41, 5.74) is -0.160. The van der Waals surface area contributed by atoms with Crippen molar-refractivity contribution in [2.75, 3.05) is 7.11 Å². The highest BCUT2D eigenvalue weighted by atomic mass is 16.5. The second kappa shape index (κ2) is 6.87. The Bertz CT molecular complexity index is 434. The lowest BCUT2D eigenvalue weighted by Gasteiger charge is -2.27. The Hall–Kier alpha value is -1.91. The van der Waals surface area contributed by atoms with Crippen LogP contribution in [0.25, 0.3) is 0 Å². The SMILES string of the molecule is CCCC(C)(NC(=O)Cc1cccnc1)C(=O)OC. The molecule has 0 aliphatic rings. The second-order valence-electron chi connectivity index (χ2n) is 4.66. The number of carbonyl (C=O) groups excluding carboxylic acids is 2. The van der Waals surface area contributed by atoms with Crippen molar-refractivity contribution in [3.8, 4) is 0 Å². The third-order valence-electron chi connectivity index (χ3n) is 2.89. The van der Waals surface area contributed by atoms with Crippen molar-refractivity contribution in [1.82, 2.24) is 10.3 Å². The molecule has 0 fully saturated rings. The highest BCUT2D eigenvalue weighted by molar-refractivity contribution is 5.88. The van der Waals surface area contributed by atoms with E-state index in [2.05, 4.69) is 10.3 Å². The molecule has 1 heterocycles. The lowest BCUT2D eigenvalue weighted by Crippen LogP contribution is -2.53. The number of hydrogen-bond acceptors (Lipinski definition) is 4. The summed E-state index contributed by atoms with van der Waals surface area (Å²) >= 11 is 0. The fourth-order valence-electron chi connectivity index (χ4n) is 1.98. The van der Waals surface area contributed by atoms with Crippen LogP contribution in [0.1, 0.15) is 32.3 Å². The Kier molecular flexibility index (Phi) is 5.48.